The predicted molar refractivity (Wildman–Crippen MR) is 60.6 cm³/mol. The number of aromatic nitrogens is 3. The van der Waals surface area contributed by atoms with E-state index in [0.717, 1.165) is 11.4 Å². The van der Waals surface area contributed by atoms with Crippen molar-refractivity contribution < 1.29 is 0 Å². The average Bonchev–Trinajstić information content (AvgIpc) is 2.61. The number of rotatable bonds is 1. The van der Waals surface area contributed by atoms with Crippen LogP contribution in [0.5, 0.6) is 0 Å². The van der Waals surface area contributed by atoms with E-state index in [4.69, 9.17) is 16.9 Å². The van der Waals surface area contributed by atoms with Crippen LogP contribution in [0.25, 0.3) is 5.82 Å². The Morgan fingerprint density at radius 1 is 1.38 bits per heavy atom. The molecule has 0 amide bonds. The van der Waals surface area contributed by atoms with E-state index in [1.165, 1.54) is 0 Å². The van der Waals surface area contributed by atoms with Gasteiger partial charge in [0.25, 0.3) is 0 Å². The molecule has 0 saturated carbocycles. The maximum atomic E-state index is 8.88. The van der Waals surface area contributed by atoms with Gasteiger partial charge >= 0.3 is 0 Å². The minimum absolute atomic E-state index is 0.352. The van der Waals surface area contributed by atoms with Gasteiger partial charge in [0.1, 0.15) is 17.4 Å². The summed E-state index contributed by atoms with van der Waals surface area (Å²) < 4.78 is 1.78. The van der Waals surface area contributed by atoms with Crippen molar-refractivity contribution in [2.75, 3.05) is 0 Å². The first-order valence-corrected chi connectivity index (χ1v) is 5.08. The number of pyridine rings is 1. The van der Waals surface area contributed by atoms with E-state index in [9.17, 15) is 0 Å². The van der Waals surface area contributed by atoms with Gasteiger partial charge in [0.2, 0.25) is 0 Å². The summed E-state index contributed by atoms with van der Waals surface area (Å²) in [6.45, 7) is 3.84. The van der Waals surface area contributed by atoms with Crippen LogP contribution in [0.4, 0.5) is 0 Å². The van der Waals surface area contributed by atoms with Crippen LogP contribution in [0.3, 0.4) is 0 Å². The van der Waals surface area contributed by atoms with Crippen LogP contribution in [0.1, 0.15) is 17.0 Å². The van der Waals surface area contributed by atoms with E-state index < -0.39 is 0 Å². The number of imidazole rings is 1. The highest BCUT2D eigenvalue weighted by molar-refractivity contribution is 6.33. The summed E-state index contributed by atoms with van der Waals surface area (Å²) >= 11 is 6.09. The predicted octanol–water partition coefficient (Wildman–Crippen LogP) is 2.41. The number of nitriles is 1. The van der Waals surface area contributed by atoms with Gasteiger partial charge in [-0.15, -0.1) is 0 Å². The molecule has 0 fully saturated rings. The SMILES string of the molecule is Cc1ncn(-c2nccc(C#N)c2Cl)c1C. The first kappa shape index (κ1) is 10.7. The third kappa shape index (κ3) is 1.55. The van der Waals surface area contributed by atoms with Gasteiger partial charge in [-0.1, -0.05) is 11.6 Å². The molecule has 0 aliphatic heterocycles. The number of hydrogen-bond donors (Lipinski definition) is 0. The summed E-state index contributed by atoms with van der Waals surface area (Å²) in [5.41, 5.74) is 2.29. The lowest BCUT2D eigenvalue weighted by Crippen LogP contribution is -2.00. The summed E-state index contributed by atoms with van der Waals surface area (Å²) in [6.07, 6.45) is 3.22. The molecule has 80 valence electrons. The molecule has 0 aliphatic carbocycles. The molecule has 0 N–H and O–H groups in total. The molecule has 0 bridgehead atoms. The highest BCUT2D eigenvalue weighted by Crippen LogP contribution is 2.23. The van der Waals surface area contributed by atoms with Crippen molar-refractivity contribution in [2.24, 2.45) is 0 Å². The fourth-order valence-corrected chi connectivity index (χ4v) is 1.64. The first-order chi connectivity index (χ1) is 7.65. The summed E-state index contributed by atoms with van der Waals surface area (Å²) in [4.78, 5) is 8.34. The topological polar surface area (TPSA) is 54.5 Å². The van der Waals surface area contributed by atoms with Crippen molar-refractivity contribution in [3.63, 3.8) is 0 Å². The van der Waals surface area contributed by atoms with Crippen molar-refractivity contribution in [1.82, 2.24) is 14.5 Å². The fraction of sp³-hybridized carbons (Fsp3) is 0.182. The number of nitrogens with zero attached hydrogens (tertiary/aromatic N) is 4. The van der Waals surface area contributed by atoms with Gasteiger partial charge in [-0.25, -0.2) is 9.97 Å². The molecule has 0 aliphatic rings. The Balaban J connectivity index is 2.66. The standard InChI is InChI=1S/C11H9ClN4/c1-7-8(2)16(6-15-7)11-10(12)9(5-13)3-4-14-11/h3-4,6H,1-2H3. The average molecular weight is 233 g/mol. The molecule has 5 heteroatoms. The first-order valence-electron chi connectivity index (χ1n) is 4.70. The Bertz CT molecular complexity index is 580. The van der Waals surface area contributed by atoms with Gasteiger partial charge in [0.15, 0.2) is 5.82 Å². The zero-order valence-corrected chi connectivity index (χ0v) is 9.65. The van der Waals surface area contributed by atoms with Gasteiger partial charge < -0.3 is 0 Å². The van der Waals surface area contributed by atoms with Gasteiger partial charge in [-0.05, 0) is 19.9 Å². The third-order valence-corrected chi connectivity index (χ3v) is 2.84. The number of halogens is 1. The Morgan fingerprint density at radius 2 is 2.12 bits per heavy atom. The lowest BCUT2D eigenvalue weighted by molar-refractivity contribution is 0.949. The summed E-state index contributed by atoms with van der Waals surface area (Å²) in [7, 11) is 0. The Labute approximate surface area is 98.1 Å². The minimum Gasteiger partial charge on any atom is -0.286 e. The van der Waals surface area contributed by atoms with E-state index in [-0.39, 0.29) is 0 Å². The molecule has 2 rings (SSSR count). The number of aryl methyl sites for hydroxylation is 1. The van der Waals surface area contributed by atoms with Crippen molar-refractivity contribution in [3.05, 3.63) is 40.6 Å². The van der Waals surface area contributed by atoms with E-state index in [1.54, 1.807) is 23.2 Å². The molecule has 0 unspecified atom stereocenters. The second kappa shape index (κ2) is 3.95. The molecular formula is C11H9ClN4. The van der Waals surface area contributed by atoms with Gasteiger partial charge in [0.05, 0.1) is 11.3 Å². The van der Waals surface area contributed by atoms with Gasteiger partial charge in [0, 0.05) is 11.9 Å². The second-order valence-corrected chi connectivity index (χ2v) is 3.77. The van der Waals surface area contributed by atoms with E-state index in [1.807, 2.05) is 19.9 Å². The fourth-order valence-electron chi connectivity index (χ4n) is 1.40. The summed E-state index contributed by atoms with van der Waals surface area (Å²) in [5.74, 6) is 0.541. The molecule has 0 saturated heterocycles. The van der Waals surface area contributed by atoms with Gasteiger partial charge in [-0.2, -0.15) is 5.26 Å². The molecule has 0 spiro atoms. The van der Waals surface area contributed by atoms with Crippen molar-refractivity contribution in [3.8, 4) is 11.9 Å². The zero-order chi connectivity index (χ0) is 11.7. The van der Waals surface area contributed by atoms with Crippen molar-refractivity contribution in [2.45, 2.75) is 13.8 Å². The summed E-state index contributed by atoms with van der Waals surface area (Å²) in [5, 5.41) is 9.23. The lowest BCUT2D eigenvalue weighted by atomic mass is 10.3. The highest BCUT2D eigenvalue weighted by Gasteiger charge is 2.12. The zero-order valence-electron chi connectivity index (χ0n) is 8.90. The van der Waals surface area contributed by atoms with E-state index >= 15 is 0 Å². The minimum atomic E-state index is 0.352. The van der Waals surface area contributed by atoms with Crippen LogP contribution in [0.15, 0.2) is 18.6 Å². The lowest BCUT2D eigenvalue weighted by Gasteiger charge is -2.07. The molecule has 0 aromatic carbocycles. The molecule has 2 aromatic rings. The van der Waals surface area contributed by atoms with Crippen LogP contribution in [-0.2, 0) is 0 Å². The van der Waals surface area contributed by atoms with Crippen LogP contribution >= 0.6 is 11.6 Å². The highest BCUT2D eigenvalue weighted by atomic mass is 35.5. The van der Waals surface area contributed by atoms with Crippen LogP contribution in [-0.4, -0.2) is 14.5 Å². The maximum Gasteiger partial charge on any atom is 0.158 e. The Morgan fingerprint density at radius 3 is 2.69 bits per heavy atom. The van der Waals surface area contributed by atoms with Crippen LogP contribution < -0.4 is 0 Å². The van der Waals surface area contributed by atoms with Crippen LogP contribution in [0, 0.1) is 25.2 Å². The normalized spacial score (nSPS) is 10.1. The van der Waals surface area contributed by atoms with E-state index in [0.29, 0.717) is 16.4 Å². The molecule has 16 heavy (non-hydrogen) atoms. The smallest absolute Gasteiger partial charge is 0.158 e. The summed E-state index contributed by atoms with van der Waals surface area (Å²) in [6, 6.07) is 3.61. The molecule has 2 heterocycles. The van der Waals surface area contributed by atoms with Crippen molar-refractivity contribution in [1.29, 1.82) is 5.26 Å². The van der Waals surface area contributed by atoms with Crippen LogP contribution in [0.2, 0.25) is 5.02 Å². The van der Waals surface area contributed by atoms with E-state index in [2.05, 4.69) is 9.97 Å². The third-order valence-electron chi connectivity index (χ3n) is 2.47. The molecular weight excluding hydrogens is 224 g/mol. The monoisotopic (exact) mass is 232 g/mol. The number of hydrogen-bond acceptors (Lipinski definition) is 3. The largest absolute Gasteiger partial charge is 0.286 e. The molecule has 0 radical (unpaired) electrons. The maximum absolute atomic E-state index is 8.88. The second-order valence-electron chi connectivity index (χ2n) is 3.39. The quantitative estimate of drug-likeness (QED) is 0.759. The molecule has 2 aromatic heterocycles. The Kier molecular flexibility index (Phi) is 2.63. The van der Waals surface area contributed by atoms with Gasteiger partial charge in [-0.3, -0.25) is 4.57 Å². The van der Waals surface area contributed by atoms with Crippen molar-refractivity contribution >= 4 is 11.6 Å². The Hall–Kier alpha value is -1.86. The molecule has 0 atom stereocenters. The molecule has 4 nitrogen and oxygen atoms in total.